The third-order valence-electron chi connectivity index (χ3n) is 3.59. The molecule has 0 radical (unpaired) electrons. The highest BCUT2D eigenvalue weighted by atomic mass is 15.2. The molecule has 0 amide bonds. The zero-order valence-corrected chi connectivity index (χ0v) is 14.1. The van der Waals surface area contributed by atoms with Gasteiger partial charge in [-0.15, -0.1) is 0 Å². The molecule has 0 saturated carbocycles. The van der Waals surface area contributed by atoms with E-state index >= 15 is 0 Å². The van der Waals surface area contributed by atoms with Gasteiger partial charge in [0.25, 0.3) is 0 Å². The summed E-state index contributed by atoms with van der Waals surface area (Å²) in [5.74, 6) is 1.87. The largest absolute Gasteiger partial charge is 0.359 e. The molecule has 20 heavy (non-hydrogen) atoms. The molecular formula is C17H31N3. The normalized spacial score (nSPS) is 11.2. The maximum Gasteiger partial charge on any atom is 0.133 e. The van der Waals surface area contributed by atoms with Gasteiger partial charge in [0.2, 0.25) is 0 Å². The Hall–Kier alpha value is -1.09. The maximum atomic E-state index is 4.78. The predicted octanol–water partition coefficient (Wildman–Crippen LogP) is 3.68. The van der Waals surface area contributed by atoms with Gasteiger partial charge in [0.1, 0.15) is 5.82 Å². The molecule has 0 fully saturated rings. The van der Waals surface area contributed by atoms with Crippen LogP contribution in [0, 0.1) is 19.8 Å². The molecule has 114 valence electrons. The summed E-state index contributed by atoms with van der Waals surface area (Å²) in [6.45, 7) is 14.0. The summed E-state index contributed by atoms with van der Waals surface area (Å²) in [6, 6.07) is 2.18. The monoisotopic (exact) mass is 277 g/mol. The van der Waals surface area contributed by atoms with Gasteiger partial charge in [-0.1, -0.05) is 20.8 Å². The number of nitrogens with zero attached hydrogens (tertiary/aromatic N) is 2. The Morgan fingerprint density at radius 2 is 2.00 bits per heavy atom. The number of hydrogen-bond donors (Lipinski definition) is 1. The van der Waals surface area contributed by atoms with Gasteiger partial charge in [-0.05, 0) is 50.8 Å². The zero-order chi connectivity index (χ0) is 15.1. The third kappa shape index (κ3) is 5.12. The SMILES string of the molecule is CCCNCc1c(C)cc(C)nc1N(C)CCC(C)C. The van der Waals surface area contributed by atoms with Crippen LogP contribution in [0.1, 0.15) is 50.4 Å². The first-order chi connectivity index (χ1) is 9.45. The van der Waals surface area contributed by atoms with Crippen molar-refractivity contribution in [3.05, 3.63) is 22.9 Å². The standard InChI is InChI=1S/C17H31N3/c1-7-9-18-12-16-14(4)11-15(5)19-17(16)20(6)10-8-13(2)3/h11,13,18H,7-10,12H2,1-6H3. The second-order valence-electron chi connectivity index (χ2n) is 6.16. The number of pyridine rings is 1. The minimum atomic E-state index is 0.727. The first kappa shape index (κ1) is 17.0. The molecule has 1 N–H and O–H groups in total. The van der Waals surface area contributed by atoms with E-state index in [-0.39, 0.29) is 0 Å². The quantitative estimate of drug-likeness (QED) is 0.735. The molecule has 0 aliphatic rings. The molecule has 0 unspecified atom stereocenters. The highest BCUT2D eigenvalue weighted by Crippen LogP contribution is 2.22. The van der Waals surface area contributed by atoms with Crippen LogP contribution >= 0.6 is 0 Å². The summed E-state index contributed by atoms with van der Waals surface area (Å²) in [4.78, 5) is 7.08. The molecule has 0 bridgehead atoms. The second-order valence-corrected chi connectivity index (χ2v) is 6.16. The number of rotatable bonds is 8. The zero-order valence-electron chi connectivity index (χ0n) is 14.1. The molecule has 0 saturated heterocycles. The van der Waals surface area contributed by atoms with Crippen LogP contribution in [-0.4, -0.2) is 25.1 Å². The van der Waals surface area contributed by atoms with E-state index in [1.165, 1.54) is 17.5 Å². The Labute approximate surface area is 124 Å². The number of hydrogen-bond acceptors (Lipinski definition) is 3. The lowest BCUT2D eigenvalue weighted by Crippen LogP contribution is -2.25. The lowest BCUT2D eigenvalue weighted by molar-refractivity contribution is 0.581. The van der Waals surface area contributed by atoms with E-state index in [4.69, 9.17) is 4.98 Å². The molecule has 3 heteroatoms. The van der Waals surface area contributed by atoms with Crippen LogP contribution in [0.5, 0.6) is 0 Å². The minimum Gasteiger partial charge on any atom is -0.359 e. The van der Waals surface area contributed by atoms with Crippen LogP contribution in [0.15, 0.2) is 6.07 Å². The molecule has 1 heterocycles. The van der Waals surface area contributed by atoms with Crippen molar-refractivity contribution >= 4 is 5.82 Å². The molecule has 1 aromatic heterocycles. The van der Waals surface area contributed by atoms with E-state index in [1.54, 1.807) is 0 Å². The second kappa shape index (κ2) is 8.25. The van der Waals surface area contributed by atoms with Gasteiger partial charge in [-0.2, -0.15) is 0 Å². The summed E-state index contributed by atoms with van der Waals surface area (Å²) in [7, 11) is 2.16. The first-order valence-electron chi connectivity index (χ1n) is 7.84. The summed E-state index contributed by atoms with van der Waals surface area (Å²) < 4.78 is 0. The van der Waals surface area contributed by atoms with Crippen molar-refractivity contribution in [1.82, 2.24) is 10.3 Å². The fourth-order valence-electron chi connectivity index (χ4n) is 2.33. The van der Waals surface area contributed by atoms with E-state index in [1.807, 2.05) is 0 Å². The van der Waals surface area contributed by atoms with Crippen molar-refractivity contribution in [2.75, 3.05) is 25.0 Å². The third-order valence-corrected chi connectivity index (χ3v) is 3.59. The van der Waals surface area contributed by atoms with E-state index in [2.05, 4.69) is 57.9 Å². The first-order valence-corrected chi connectivity index (χ1v) is 7.84. The van der Waals surface area contributed by atoms with Gasteiger partial charge in [0, 0.05) is 31.4 Å². The highest BCUT2D eigenvalue weighted by molar-refractivity contribution is 5.51. The smallest absolute Gasteiger partial charge is 0.133 e. The molecule has 1 rings (SSSR count). The molecule has 0 aliphatic carbocycles. The molecule has 3 nitrogen and oxygen atoms in total. The van der Waals surface area contributed by atoms with Crippen molar-refractivity contribution < 1.29 is 0 Å². The predicted molar refractivity (Wildman–Crippen MR) is 88.4 cm³/mol. The van der Waals surface area contributed by atoms with Gasteiger partial charge in [0.05, 0.1) is 0 Å². The number of anilines is 1. The van der Waals surface area contributed by atoms with Gasteiger partial charge in [-0.25, -0.2) is 4.98 Å². The molecule has 0 aliphatic heterocycles. The van der Waals surface area contributed by atoms with Crippen LogP contribution in [-0.2, 0) is 6.54 Å². The Bertz CT molecular complexity index is 413. The van der Waals surface area contributed by atoms with Crippen LogP contribution < -0.4 is 10.2 Å². The lowest BCUT2D eigenvalue weighted by Gasteiger charge is -2.24. The molecule has 0 aromatic carbocycles. The van der Waals surface area contributed by atoms with Crippen molar-refractivity contribution in [1.29, 1.82) is 0 Å². The van der Waals surface area contributed by atoms with Gasteiger partial charge >= 0.3 is 0 Å². The maximum absolute atomic E-state index is 4.78. The average molecular weight is 277 g/mol. The lowest BCUT2D eigenvalue weighted by atomic mass is 10.1. The van der Waals surface area contributed by atoms with Crippen molar-refractivity contribution in [3.63, 3.8) is 0 Å². The molecular weight excluding hydrogens is 246 g/mol. The Morgan fingerprint density at radius 1 is 1.30 bits per heavy atom. The summed E-state index contributed by atoms with van der Waals surface area (Å²) in [5, 5.41) is 3.51. The van der Waals surface area contributed by atoms with E-state index in [0.29, 0.717) is 0 Å². The molecule has 0 atom stereocenters. The van der Waals surface area contributed by atoms with Crippen LogP contribution in [0.2, 0.25) is 0 Å². The Kier molecular flexibility index (Phi) is 7.00. The van der Waals surface area contributed by atoms with Gasteiger partial charge < -0.3 is 10.2 Å². The fourth-order valence-corrected chi connectivity index (χ4v) is 2.33. The Balaban J connectivity index is 2.90. The van der Waals surface area contributed by atoms with Crippen LogP contribution in [0.25, 0.3) is 0 Å². The number of aryl methyl sites for hydroxylation is 2. The van der Waals surface area contributed by atoms with E-state index in [0.717, 1.165) is 43.5 Å². The summed E-state index contributed by atoms with van der Waals surface area (Å²) >= 11 is 0. The topological polar surface area (TPSA) is 28.2 Å². The van der Waals surface area contributed by atoms with Crippen molar-refractivity contribution in [2.24, 2.45) is 5.92 Å². The van der Waals surface area contributed by atoms with Gasteiger partial charge in [-0.3, -0.25) is 0 Å². The van der Waals surface area contributed by atoms with Crippen molar-refractivity contribution in [3.8, 4) is 0 Å². The van der Waals surface area contributed by atoms with Crippen LogP contribution in [0.4, 0.5) is 5.82 Å². The van der Waals surface area contributed by atoms with Crippen molar-refractivity contribution in [2.45, 2.75) is 54.0 Å². The molecule has 1 aromatic rings. The minimum absolute atomic E-state index is 0.727. The van der Waals surface area contributed by atoms with E-state index in [9.17, 15) is 0 Å². The van der Waals surface area contributed by atoms with Gasteiger partial charge in [0.15, 0.2) is 0 Å². The van der Waals surface area contributed by atoms with E-state index < -0.39 is 0 Å². The fraction of sp³-hybridized carbons (Fsp3) is 0.706. The number of nitrogens with one attached hydrogen (secondary N) is 1. The molecule has 0 spiro atoms. The summed E-state index contributed by atoms with van der Waals surface area (Å²) in [6.07, 6.45) is 2.36. The summed E-state index contributed by atoms with van der Waals surface area (Å²) in [5.41, 5.74) is 3.79. The highest BCUT2D eigenvalue weighted by Gasteiger charge is 2.13. The Morgan fingerprint density at radius 3 is 2.60 bits per heavy atom. The van der Waals surface area contributed by atoms with Crippen LogP contribution in [0.3, 0.4) is 0 Å². The number of aromatic nitrogens is 1. The average Bonchev–Trinajstić information content (AvgIpc) is 2.38.